The third-order valence-electron chi connectivity index (χ3n) is 2.90. The van der Waals surface area contributed by atoms with E-state index in [0.717, 1.165) is 4.52 Å². The normalized spacial score (nSPS) is 10.9. The molecule has 0 aliphatic heterocycles. The Hall–Kier alpha value is -2.55. The van der Waals surface area contributed by atoms with Crippen LogP contribution in [0.5, 0.6) is 0 Å². The van der Waals surface area contributed by atoms with Gasteiger partial charge in [0.05, 0.1) is 11.9 Å². The van der Waals surface area contributed by atoms with E-state index in [-0.39, 0.29) is 22.7 Å². The van der Waals surface area contributed by atoms with E-state index in [1.807, 2.05) is 0 Å². The molecule has 1 amide bonds. The Labute approximate surface area is 131 Å². The lowest BCUT2D eigenvalue weighted by Crippen LogP contribution is -2.18. The Kier molecular flexibility index (Phi) is 3.49. The van der Waals surface area contributed by atoms with Crippen LogP contribution in [0, 0.1) is 11.8 Å². The molecule has 0 saturated carbocycles. The van der Waals surface area contributed by atoms with E-state index in [0.29, 0.717) is 4.47 Å². The highest BCUT2D eigenvalue weighted by Gasteiger charge is 2.20. The summed E-state index contributed by atoms with van der Waals surface area (Å²) >= 11 is 3.12. The SMILES string of the molecule is NC(=O)c1nc2ccnn2c(F)c1Nc1ccc(Br)cc1F. The van der Waals surface area contributed by atoms with E-state index < -0.39 is 17.7 Å². The van der Waals surface area contributed by atoms with Crippen LogP contribution in [-0.2, 0) is 0 Å². The average molecular weight is 368 g/mol. The zero-order valence-electron chi connectivity index (χ0n) is 10.8. The molecule has 2 aromatic heterocycles. The van der Waals surface area contributed by atoms with E-state index in [9.17, 15) is 13.6 Å². The van der Waals surface area contributed by atoms with Crippen LogP contribution in [0.1, 0.15) is 10.5 Å². The maximum atomic E-state index is 14.5. The maximum absolute atomic E-state index is 14.5. The second-order valence-electron chi connectivity index (χ2n) is 4.34. The highest BCUT2D eigenvalue weighted by molar-refractivity contribution is 9.10. The van der Waals surface area contributed by atoms with E-state index in [1.54, 1.807) is 6.07 Å². The van der Waals surface area contributed by atoms with Gasteiger partial charge in [0.1, 0.15) is 11.5 Å². The molecule has 0 bridgehead atoms. The van der Waals surface area contributed by atoms with Gasteiger partial charge in [-0.3, -0.25) is 4.79 Å². The molecule has 1 aromatic carbocycles. The van der Waals surface area contributed by atoms with Crippen molar-refractivity contribution in [3.05, 3.63) is 52.4 Å². The molecule has 0 aliphatic rings. The number of nitrogens with zero attached hydrogens (tertiary/aromatic N) is 3. The molecule has 0 atom stereocenters. The van der Waals surface area contributed by atoms with Crippen LogP contribution in [-0.4, -0.2) is 20.5 Å². The highest BCUT2D eigenvalue weighted by atomic mass is 79.9. The Bertz CT molecular complexity index is 896. The van der Waals surface area contributed by atoms with Gasteiger partial charge in [-0.05, 0) is 18.2 Å². The standard InChI is InChI=1S/C13H8BrF2N5O/c14-6-1-2-8(7(15)5-6)19-10-11(13(17)22)20-9-3-4-18-21(9)12(10)16/h1-5,19H,(H2,17,22). The molecule has 3 N–H and O–H groups in total. The number of nitrogens with two attached hydrogens (primary N) is 1. The van der Waals surface area contributed by atoms with Crippen LogP contribution in [0.25, 0.3) is 5.65 Å². The Morgan fingerprint density at radius 3 is 2.77 bits per heavy atom. The fourth-order valence-electron chi connectivity index (χ4n) is 1.92. The summed E-state index contributed by atoms with van der Waals surface area (Å²) in [6.07, 6.45) is 1.32. The van der Waals surface area contributed by atoms with Crippen molar-refractivity contribution in [3.8, 4) is 0 Å². The van der Waals surface area contributed by atoms with Gasteiger partial charge in [-0.1, -0.05) is 15.9 Å². The lowest BCUT2D eigenvalue weighted by Gasteiger charge is -2.12. The minimum absolute atomic E-state index is 0.0297. The van der Waals surface area contributed by atoms with Crippen LogP contribution in [0.2, 0.25) is 0 Å². The number of primary amides is 1. The van der Waals surface area contributed by atoms with Gasteiger partial charge in [-0.2, -0.15) is 14.0 Å². The number of hydrogen-bond donors (Lipinski definition) is 2. The van der Waals surface area contributed by atoms with Crippen molar-refractivity contribution in [3.63, 3.8) is 0 Å². The van der Waals surface area contributed by atoms with Crippen molar-refractivity contribution in [1.82, 2.24) is 14.6 Å². The van der Waals surface area contributed by atoms with Gasteiger partial charge in [-0.25, -0.2) is 9.37 Å². The molecule has 0 fully saturated rings. The summed E-state index contributed by atoms with van der Waals surface area (Å²) in [6.45, 7) is 0. The summed E-state index contributed by atoms with van der Waals surface area (Å²) in [5, 5.41) is 6.25. The Balaban J connectivity index is 2.18. The minimum Gasteiger partial charge on any atom is -0.364 e. The zero-order chi connectivity index (χ0) is 15.9. The quantitative estimate of drug-likeness (QED) is 0.696. The van der Waals surface area contributed by atoms with E-state index in [4.69, 9.17) is 5.73 Å². The Morgan fingerprint density at radius 1 is 1.32 bits per heavy atom. The van der Waals surface area contributed by atoms with Crippen molar-refractivity contribution >= 4 is 38.9 Å². The fraction of sp³-hybridized carbons (Fsp3) is 0. The second kappa shape index (κ2) is 5.34. The fourth-order valence-corrected chi connectivity index (χ4v) is 2.25. The van der Waals surface area contributed by atoms with Gasteiger partial charge < -0.3 is 11.1 Å². The monoisotopic (exact) mass is 367 g/mol. The predicted octanol–water partition coefficient (Wildman–Crippen LogP) is 2.61. The van der Waals surface area contributed by atoms with Gasteiger partial charge >= 0.3 is 0 Å². The molecule has 6 nitrogen and oxygen atoms in total. The van der Waals surface area contributed by atoms with Crippen LogP contribution in [0.15, 0.2) is 34.9 Å². The van der Waals surface area contributed by atoms with Crippen molar-refractivity contribution in [1.29, 1.82) is 0 Å². The van der Waals surface area contributed by atoms with Crippen LogP contribution >= 0.6 is 15.9 Å². The zero-order valence-corrected chi connectivity index (χ0v) is 12.4. The van der Waals surface area contributed by atoms with Gasteiger partial charge in [0.2, 0.25) is 5.95 Å². The number of fused-ring (bicyclic) bond motifs is 1. The third-order valence-corrected chi connectivity index (χ3v) is 3.40. The molecular weight excluding hydrogens is 360 g/mol. The minimum atomic E-state index is -0.942. The molecular formula is C13H8BrF2N5O. The second-order valence-corrected chi connectivity index (χ2v) is 5.26. The number of hydrogen-bond acceptors (Lipinski definition) is 4. The molecule has 9 heteroatoms. The molecule has 0 unspecified atom stereocenters. The third kappa shape index (κ3) is 2.39. The largest absolute Gasteiger partial charge is 0.364 e. The first-order valence-corrected chi connectivity index (χ1v) is 6.82. The van der Waals surface area contributed by atoms with E-state index in [2.05, 4.69) is 31.3 Å². The molecule has 3 aromatic rings. The van der Waals surface area contributed by atoms with Crippen LogP contribution in [0.3, 0.4) is 0 Å². The summed E-state index contributed by atoms with van der Waals surface area (Å²) in [4.78, 5) is 15.4. The lowest BCUT2D eigenvalue weighted by atomic mass is 10.2. The number of anilines is 2. The number of carbonyl (C=O) groups excluding carboxylic acids is 1. The van der Waals surface area contributed by atoms with Gasteiger partial charge in [0, 0.05) is 10.5 Å². The lowest BCUT2D eigenvalue weighted by molar-refractivity contribution is 0.0996. The molecule has 2 heterocycles. The predicted molar refractivity (Wildman–Crippen MR) is 78.8 cm³/mol. The van der Waals surface area contributed by atoms with Gasteiger partial charge in [0.25, 0.3) is 5.91 Å². The molecule has 0 radical (unpaired) electrons. The number of nitrogens with one attached hydrogen (secondary N) is 1. The number of carbonyl (C=O) groups is 1. The van der Waals surface area contributed by atoms with E-state index >= 15 is 0 Å². The topological polar surface area (TPSA) is 85.3 Å². The van der Waals surface area contributed by atoms with Crippen LogP contribution < -0.4 is 11.1 Å². The van der Waals surface area contributed by atoms with Crippen molar-refractivity contribution in [2.75, 3.05) is 5.32 Å². The molecule has 112 valence electrons. The number of aromatic nitrogens is 3. The first-order chi connectivity index (χ1) is 10.5. The first kappa shape index (κ1) is 14.4. The summed E-state index contributed by atoms with van der Waals surface area (Å²) in [7, 11) is 0. The molecule has 0 spiro atoms. The van der Waals surface area contributed by atoms with Crippen molar-refractivity contribution in [2.24, 2.45) is 5.73 Å². The number of amides is 1. The number of rotatable bonds is 3. The summed E-state index contributed by atoms with van der Waals surface area (Å²) in [5.41, 5.74) is 4.63. The summed E-state index contributed by atoms with van der Waals surface area (Å²) in [5.74, 6) is -2.47. The number of halogens is 3. The molecule has 3 rings (SSSR count). The van der Waals surface area contributed by atoms with Gasteiger partial charge in [-0.15, -0.1) is 0 Å². The van der Waals surface area contributed by atoms with Crippen LogP contribution in [0.4, 0.5) is 20.2 Å². The average Bonchev–Trinajstić information content (AvgIpc) is 2.92. The van der Waals surface area contributed by atoms with E-state index in [1.165, 1.54) is 24.4 Å². The molecule has 0 aliphatic carbocycles. The Morgan fingerprint density at radius 2 is 2.09 bits per heavy atom. The number of benzene rings is 1. The smallest absolute Gasteiger partial charge is 0.269 e. The summed E-state index contributed by atoms with van der Waals surface area (Å²) < 4.78 is 29.8. The highest BCUT2D eigenvalue weighted by Crippen LogP contribution is 2.27. The summed E-state index contributed by atoms with van der Waals surface area (Å²) in [6, 6.07) is 5.56. The van der Waals surface area contributed by atoms with Crippen molar-refractivity contribution < 1.29 is 13.6 Å². The molecule has 0 saturated heterocycles. The maximum Gasteiger partial charge on any atom is 0.269 e. The van der Waals surface area contributed by atoms with Crippen molar-refractivity contribution in [2.45, 2.75) is 0 Å². The van der Waals surface area contributed by atoms with Gasteiger partial charge in [0.15, 0.2) is 11.3 Å². The molecule has 22 heavy (non-hydrogen) atoms. The first-order valence-electron chi connectivity index (χ1n) is 6.02.